The molecule has 0 spiro atoms. The van der Waals surface area contributed by atoms with E-state index in [1.807, 2.05) is 24.3 Å². The molecule has 0 amide bonds. The van der Waals surface area contributed by atoms with Crippen molar-refractivity contribution in [3.05, 3.63) is 45.7 Å². The van der Waals surface area contributed by atoms with Crippen molar-refractivity contribution in [1.82, 2.24) is 9.97 Å². The van der Waals surface area contributed by atoms with E-state index in [0.29, 0.717) is 23.1 Å². The van der Waals surface area contributed by atoms with Gasteiger partial charge in [0, 0.05) is 10.2 Å². The second-order valence-electron chi connectivity index (χ2n) is 4.73. The van der Waals surface area contributed by atoms with Crippen LogP contribution in [-0.2, 0) is 0 Å². The van der Waals surface area contributed by atoms with Crippen LogP contribution >= 0.6 is 15.9 Å². The van der Waals surface area contributed by atoms with Gasteiger partial charge in [0.1, 0.15) is 17.5 Å². The lowest BCUT2D eigenvalue weighted by atomic mass is 10.0. The molecule has 1 heterocycles. The highest BCUT2D eigenvalue weighted by atomic mass is 79.9. The van der Waals surface area contributed by atoms with Crippen molar-refractivity contribution in [3.8, 4) is 17.8 Å². The molecular formula is C15H14BrN3O. The summed E-state index contributed by atoms with van der Waals surface area (Å²) < 4.78 is 6.75. The first kappa shape index (κ1) is 14.5. The monoisotopic (exact) mass is 331 g/mol. The zero-order valence-corrected chi connectivity index (χ0v) is 13.1. The molecule has 0 aliphatic heterocycles. The van der Waals surface area contributed by atoms with E-state index in [-0.39, 0.29) is 6.01 Å². The Bertz CT molecular complexity index is 677. The minimum Gasteiger partial charge on any atom is -0.424 e. The second kappa shape index (κ2) is 6.02. The van der Waals surface area contributed by atoms with Crippen LogP contribution in [0.1, 0.15) is 36.7 Å². The van der Waals surface area contributed by atoms with E-state index in [0.717, 1.165) is 10.0 Å². The van der Waals surface area contributed by atoms with E-state index in [4.69, 9.17) is 10.00 Å². The smallest absolute Gasteiger partial charge is 0.323 e. The van der Waals surface area contributed by atoms with E-state index >= 15 is 0 Å². The number of benzene rings is 1. The summed E-state index contributed by atoms with van der Waals surface area (Å²) in [5.41, 5.74) is 2.06. The summed E-state index contributed by atoms with van der Waals surface area (Å²) in [7, 11) is 0. The van der Waals surface area contributed by atoms with Gasteiger partial charge in [-0.1, -0.05) is 29.8 Å². The van der Waals surface area contributed by atoms with Crippen LogP contribution in [0.4, 0.5) is 0 Å². The van der Waals surface area contributed by atoms with E-state index < -0.39 is 0 Å². The van der Waals surface area contributed by atoms with Gasteiger partial charge in [-0.15, -0.1) is 0 Å². The first-order valence-corrected chi connectivity index (χ1v) is 7.02. The fourth-order valence-corrected chi connectivity index (χ4v) is 2.18. The van der Waals surface area contributed by atoms with Crippen LogP contribution in [0.25, 0.3) is 0 Å². The first-order chi connectivity index (χ1) is 9.49. The maximum Gasteiger partial charge on any atom is 0.323 e. The molecule has 0 unspecified atom stereocenters. The van der Waals surface area contributed by atoms with E-state index in [1.54, 1.807) is 13.0 Å². The molecular weight excluding hydrogens is 318 g/mol. The molecule has 0 atom stereocenters. The summed E-state index contributed by atoms with van der Waals surface area (Å²) >= 11 is 3.45. The maximum atomic E-state index is 8.93. The highest BCUT2D eigenvalue weighted by Crippen LogP contribution is 2.31. The van der Waals surface area contributed by atoms with Gasteiger partial charge < -0.3 is 4.74 Å². The molecule has 0 fully saturated rings. The van der Waals surface area contributed by atoms with Gasteiger partial charge in [-0.2, -0.15) is 10.2 Å². The Morgan fingerprint density at radius 2 is 2.00 bits per heavy atom. The average Bonchev–Trinajstić information content (AvgIpc) is 2.40. The fourth-order valence-electron chi connectivity index (χ4n) is 1.81. The van der Waals surface area contributed by atoms with Crippen molar-refractivity contribution in [3.63, 3.8) is 0 Å². The lowest BCUT2D eigenvalue weighted by Crippen LogP contribution is -1.99. The Balaban J connectivity index is 2.40. The topological polar surface area (TPSA) is 58.8 Å². The van der Waals surface area contributed by atoms with Gasteiger partial charge in [-0.3, -0.25) is 0 Å². The second-order valence-corrected chi connectivity index (χ2v) is 5.64. The first-order valence-electron chi connectivity index (χ1n) is 6.22. The summed E-state index contributed by atoms with van der Waals surface area (Å²) in [5, 5.41) is 8.93. The SMILES string of the molecule is Cc1cc(C#N)nc(Oc2ccc(Br)cc2C(C)C)n1. The van der Waals surface area contributed by atoms with Gasteiger partial charge in [-0.05, 0) is 42.7 Å². The molecule has 0 N–H and O–H groups in total. The highest BCUT2D eigenvalue weighted by Gasteiger charge is 2.11. The molecule has 2 rings (SSSR count). The standard InChI is InChI=1S/C15H14BrN3O/c1-9(2)13-7-11(16)4-5-14(13)20-15-18-10(3)6-12(8-17)19-15/h4-7,9H,1-3H3. The van der Waals surface area contributed by atoms with Gasteiger partial charge in [-0.25, -0.2) is 4.98 Å². The summed E-state index contributed by atoms with van der Waals surface area (Å²) in [4.78, 5) is 8.27. The zero-order chi connectivity index (χ0) is 14.7. The van der Waals surface area contributed by atoms with Crippen molar-refractivity contribution in [2.24, 2.45) is 0 Å². The Morgan fingerprint density at radius 1 is 1.25 bits per heavy atom. The molecule has 0 saturated heterocycles. The molecule has 2 aromatic rings. The molecule has 0 aliphatic carbocycles. The zero-order valence-electron chi connectivity index (χ0n) is 11.5. The number of hydrogen-bond acceptors (Lipinski definition) is 4. The van der Waals surface area contributed by atoms with Gasteiger partial charge in [0.05, 0.1) is 0 Å². The molecule has 20 heavy (non-hydrogen) atoms. The Labute approximate surface area is 126 Å². The van der Waals surface area contributed by atoms with Crippen molar-refractivity contribution < 1.29 is 4.74 Å². The highest BCUT2D eigenvalue weighted by molar-refractivity contribution is 9.10. The third kappa shape index (κ3) is 3.34. The van der Waals surface area contributed by atoms with Gasteiger partial charge in [0.2, 0.25) is 0 Å². The quantitative estimate of drug-likeness (QED) is 0.839. The number of halogens is 1. The number of nitriles is 1. The Hall–Kier alpha value is -1.93. The van der Waals surface area contributed by atoms with Gasteiger partial charge in [0.15, 0.2) is 0 Å². The Morgan fingerprint density at radius 3 is 2.65 bits per heavy atom. The largest absolute Gasteiger partial charge is 0.424 e. The molecule has 102 valence electrons. The molecule has 0 saturated carbocycles. The fraction of sp³-hybridized carbons (Fsp3) is 0.267. The van der Waals surface area contributed by atoms with Crippen molar-refractivity contribution in [2.75, 3.05) is 0 Å². The predicted molar refractivity (Wildman–Crippen MR) is 79.8 cm³/mol. The maximum absolute atomic E-state index is 8.93. The summed E-state index contributed by atoms with van der Waals surface area (Å²) in [6, 6.07) is 9.62. The number of aromatic nitrogens is 2. The number of hydrogen-bond donors (Lipinski definition) is 0. The number of rotatable bonds is 3. The molecule has 4 nitrogen and oxygen atoms in total. The van der Waals surface area contributed by atoms with E-state index in [9.17, 15) is 0 Å². The number of ether oxygens (including phenoxy) is 1. The molecule has 5 heteroatoms. The van der Waals surface area contributed by atoms with Crippen LogP contribution < -0.4 is 4.74 Å². The van der Waals surface area contributed by atoms with E-state index in [1.165, 1.54) is 0 Å². The molecule has 0 radical (unpaired) electrons. The van der Waals surface area contributed by atoms with Crippen molar-refractivity contribution in [1.29, 1.82) is 5.26 Å². The average molecular weight is 332 g/mol. The number of nitrogens with zero attached hydrogens (tertiary/aromatic N) is 3. The minimum absolute atomic E-state index is 0.200. The lowest BCUT2D eigenvalue weighted by molar-refractivity contribution is 0.432. The lowest BCUT2D eigenvalue weighted by Gasteiger charge is -2.13. The number of aryl methyl sites for hydroxylation is 1. The van der Waals surface area contributed by atoms with Crippen molar-refractivity contribution in [2.45, 2.75) is 26.7 Å². The summed E-state index contributed by atoms with van der Waals surface area (Å²) in [6.45, 7) is 5.99. The summed E-state index contributed by atoms with van der Waals surface area (Å²) in [5.74, 6) is 1.01. The minimum atomic E-state index is 0.200. The Kier molecular flexibility index (Phi) is 4.35. The van der Waals surface area contributed by atoms with Crippen LogP contribution in [0, 0.1) is 18.3 Å². The summed E-state index contributed by atoms with van der Waals surface area (Å²) in [6.07, 6.45) is 0. The van der Waals surface area contributed by atoms with Gasteiger partial charge in [0.25, 0.3) is 0 Å². The third-order valence-electron chi connectivity index (χ3n) is 2.74. The van der Waals surface area contributed by atoms with Crippen LogP contribution in [0.3, 0.4) is 0 Å². The van der Waals surface area contributed by atoms with Crippen LogP contribution in [0.5, 0.6) is 11.8 Å². The molecule has 1 aromatic carbocycles. The van der Waals surface area contributed by atoms with Gasteiger partial charge >= 0.3 is 6.01 Å². The molecule has 0 aliphatic rings. The normalized spacial score (nSPS) is 10.4. The third-order valence-corrected chi connectivity index (χ3v) is 3.24. The van der Waals surface area contributed by atoms with E-state index in [2.05, 4.69) is 39.7 Å². The van der Waals surface area contributed by atoms with Crippen LogP contribution in [0.15, 0.2) is 28.7 Å². The molecule has 1 aromatic heterocycles. The van der Waals surface area contributed by atoms with Crippen LogP contribution in [0.2, 0.25) is 0 Å². The molecule has 0 bridgehead atoms. The van der Waals surface area contributed by atoms with Crippen LogP contribution in [-0.4, -0.2) is 9.97 Å². The predicted octanol–water partition coefficient (Wildman–Crippen LogP) is 4.33. The van der Waals surface area contributed by atoms with Crippen molar-refractivity contribution >= 4 is 15.9 Å².